The maximum Gasteiger partial charge on any atom is 0.416 e. The number of halogens is 3. The lowest BCUT2D eigenvalue weighted by atomic mass is 10.1. The first-order chi connectivity index (χ1) is 14.3. The minimum absolute atomic E-state index is 0.0100. The molecule has 0 spiro atoms. The molecule has 1 aromatic rings. The maximum absolute atomic E-state index is 12.9. The van der Waals surface area contributed by atoms with Gasteiger partial charge in [-0.15, -0.1) is 0 Å². The van der Waals surface area contributed by atoms with Crippen molar-refractivity contribution >= 4 is 11.8 Å². The number of methoxy groups -OCH3 is 1. The molecule has 0 aliphatic carbocycles. The lowest BCUT2D eigenvalue weighted by Crippen LogP contribution is -2.40. The van der Waals surface area contributed by atoms with Crippen molar-refractivity contribution < 1.29 is 27.5 Å². The van der Waals surface area contributed by atoms with E-state index < -0.39 is 11.7 Å². The van der Waals surface area contributed by atoms with E-state index >= 15 is 0 Å². The Morgan fingerprint density at radius 1 is 1.13 bits per heavy atom. The van der Waals surface area contributed by atoms with E-state index in [9.17, 15) is 22.8 Å². The lowest BCUT2D eigenvalue weighted by Gasteiger charge is -2.24. The number of hydrogen-bond donors (Lipinski definition) is 0. The predicted molar refractivity (Wildman–Crippen MR) is 104 cm³/mol. The summed E-state index contributed by atoms with van der Waals surface area (Å²) in [4.78, 5) is 30.7. The highest BCUT2D eigenvalue weighted by Gasteiger charge is 2.36. The molecule has 2 aliphatic heterocycles. The third kappa shape index (κ3) is 5.72. The third-order valence-corrected chi connectivity index (χ3v) is 5.72. The fourth-order valence-corrected chi connectivity index (χ4v) is 4.02. The Morgan fingerprint density at radius 2 is 1.87 bits per heavy atom. The average molecular weight is 427 g/mol. The number of likely N-dealkylation sites (tertiary alicyclic amines) is 1. The molecular weight excluding hydrogens is 399 g/mol. The Balaban J connectivity index is 1.51. The first kappa shape index (κ1) is 22.6. The van der Waals surface area contributed by atoms with Crippen LogP contribution in [0.2, 0.25) is 0 Å². The predicted octanol–water partition coefficient (Wildman–Crippen LogP) is 2.23. The van der Waals surface area contributed by atoms with Gasteiger partial charge in [-0.05, 0) is 24.1 Å². The summed E-state index contributed by atoms with van der Waals surface area (Å²) >= 11 is 0. The van der Waals surface area contributed by atoms with Gasteiger partial charge < -0.3 is 14.5 Å². The molecule has 3 rings (SSSR count). The normalized spacial score (nSPS) is 21.2. The van der Waals surface area contributed by atoms with Crippen molar-refractivity contribution in [2.75, 3.05) is 53.0 Å². The molecule has 1 atom stereocenters. The quantitative estimate of drug-likeness (QED) is 0.699. The number of hydrogen-bond acceptors (Lipinski definition) is 4. The number of ether oxygens (including phenoxy) is 1. The molecule has 9 heteroatoms. The molecule has 0 aromatic heterocycles. The van der Waals surface area contributed by atoms with Crippen LogP contribution in [-0.2, 0) is 27.0 Å². The SMILES string of the molecule is COCCN1CC(C(=O)N2CCCN(Cc3ccc(C(F)(F)F)cc3)CC2)CC1=O. The van der Waals surface area contributed by atoms with Gasteiger partial charge in [0.1, 0.15) is 0 Å². The first-order valence-corrected chi connectivity index (χ1v) is 10.2. The van der Waals surface area contributed by atoms with Gasteiger partial charge in [0.2, 0.25) is 11.8 Å². The van der Waals surface area contributed by atoms with Gasteiger partial charge in [0, 0.05) is 59.3 Å². The topological polar surface area (TPSA) is 53.1 Å². The van der Waals surface area contributed by atoms with Crippen molar-refractivity contribution in [2.45, 2.75) is 25.6 Å². The van der Waals surface area contributed by atoms with Crippen molar-refractivity contribution in [3.05, 3.63) is 35.4 Å². The van der Waals surface area contributed by atoms with E-state index in [0.717, 1.165) is 30.7 Å². The standard InChI is InChI=1S/C21H28F3N3O3/c1-30-12-11-27-15-17(13-19(27)28)20(29)26-8-2-7-25(9-10-26)14-16-3-5-18(6-4-16)21(22,23)24/h3-6,17H,2,7-15H2,1H3. The summed E-state index contributed by atoms with van der Waals surface area (Å²) in [5.41, 5.74) is 0.169. The van der Waals surface area contributed by atoms with Gasteiger partial charge in [0.05, 0.1) is 18.1 Å². The number of rotatable bonds is 6. The van der Waals surface area contributed by atoms with Crippen molar-refractivity contribution in [2.24, 2.45) is 5.92 Å². The molecule has 2 aliphatic rings. The molecule has 0 N–H and O–H groups in total. The number of benzene rings is 1. The fourth-order valence-electron chi connectivity index (χ4n) is 4.02. The molecular formula is C21H28F3N3O3. The molecule has 1 aromatic carbocycles. The van der Waals surface area contributed by atoms with E-state index in [-0.39, 0.29) is 24.2 Å². The zero-order valence-electron chi connectivity index (χ0n) is 17.2. The number of nitrogens with zero attached hydrogens (tertiary/aromatic N) is 3. The van der Waals surface area contributed by atoms with Gasteiger partial charge in [-0.25, -0.2) is 0 Å². The number of amides is 2. The largest absolute Gasteiger partial charge is 0.416 e. The minimum atomic E-state index is -4.33. The summed E-state index contributed by atoms with van der Waals surface area (Å²) in [6.07, 6.45) is -3.29. The summed E-state index contributed by atoms with van der Waals surface area (Å²) in [5.74, 6) is -0.306. The van der Waals surface area contributed by atoms with E-state index in [1.807, 2.05) is 4.90 Å². The van der Waals surface area contributed by atoms with Crippen LogP contribution in [0.1, 0.15) is 24.0 Å². The van der Waals surface area contributed by atoms with Crippen molar-refractivity contribution in [1.29, 1.82) is 0 Å². The highest BCUT2D eigenvalue weighted by molar-refractivity contribution is 5.89. The molecule has 6 nitrogen and oxygen atoms in total. The molecule has 0 radical (unpaired) electrons. The molecule has 2 heterocycles. The van der Waals surface area contributed by atoms with Gasteiger partial charge in [-0.2, -0.15) is 13.2 Å². The van der Waals surface area contributed by atoms with Crippen LogP contribution in [0.5, 0.6) is 0 Å². The highest BCUT2D eigenvalue weighted by Crippen LogP contribution is 2.29. The Morgan fingerprint density at radius 3 is 2.53 bits per heavy atom. The van der Waals surface area contributed by atoms with E-state index in [4.69, 9.17) is 4.74 Å². The van der Waals surface area contributed by atoms with E-state index in [1.165, 1.54) is 12.1 Å². The molecule has 2 fully saturated rings. The summed E-state index contributed by atoms with van der Waals surface area (Å²) in [6, 6.07) is 5.23. The average Bonchev–Trinajstić information content (AvgIpc) is 2.92. The van der Waals surface area contributed by atoms with Crippen LogP contribution in [0.4, 0.5) is 13.2 Å². The molecule has 166 valence electrons. The van der Waals surface area contributed by atoms with Crippen LogP contribution in [0.3, 0.4) is 0 Å². The van der Waals surface area contributed by atoms with Gasteiger partial charge in [0.25, 0.3) is 0 Å². The molecule has 0 saturated carbocycles. The molecule has 0 bridgehead atoms. The minimum Gasteiger partial charge on any atom is -0.383 e. The highest BCUT2D eigenvalue weighted by atomic mass is 19.4. The van der Waals surface area contributed by atoms with Crippen molar-refractivity contribution in [3.8, 4) is 0 Å². The van der Waals surface area contributed by atoms with Crippen LogP contribution in [0.15, 0.2) is 24.3 Å². The smallest absolute Gasteiger partial charge is 0.383 e. The van der Waals surface area contributed by atoms with Crippen molar-refractivity contribution in [1.82, 2.24) is 14.7 Å². The third-order valence-electron chi connectivity index (χ3n) is 5.72. The zero-order chi connectivity index (χ0) is 21.7. The van der Waals surface area contributed by atoms with Gasteiger partial charge in [-0.3, -0.25) is 14.5 Å². The van der Waals surface area contributed by atoms with Crippen molar-refractivity contribution in [3.63, 3.8) is 0 Å². The second-order valence-corrected chi connectivity index (χ2v) is 7.88. The second-order valence-electron chi connectivity index (χ2n) is 7.88. The van der Waals surface area contributed by atoms with Crippen LogP contribution in [-0.4, -0.2) is 79.5 Å². The van der Waals surface area contributed by atoms with Crippen LogP contribution in [0.25, 0.3) is 0 Å². The molecule has 2 amide bonds. The summed E-state index contributed by atoms with van der Waals surface area (Å²) in [6.45, 7) is 4.55. The Labute approximate surface area is 174 Å². The van der Waals surface area contributed by atoms with Crippen LogP contribution >= 0.6 is 0 Å². The van der Waals surface area contributed by atoms with Gasteiger partial charge in [0.15, 0.2) is 0 Å². The van der Waals surface area contributed by atoms with E-state index in [0.29, 0.717) is 45.9 Å². The Kier molecular flexibility index (Phi) is 7.36. The lowest BCUT2D eigenvalue weighted by molar-refractivity contribution is -0.137. The van der Waals surface area contributed by atoms with Crippen LogP contribution in [0, 0.1) is 5.92 Å². The summed E-state index contributed by atoms with van der Waals surface area (Å²) in [7, 11) is 1.58. The number of carbonyl (C=O) groups is 2. The van der Waals surface area contributed by atoms with E-state index in [2.05, 4.69) is 4.90 Å². The first-order valence-electron chi connectivity index (χ1n) is 10.2. The van der Waals surface area contributed by atoms with Gasteiger partial charge in [-0.1, -0.05) is 12.1 Å². The molecule has 2 saturated heterocycles. The fraction of sp³-hybridized carbons (Fsp3) is 0.619. The monoisotopic (exact) mass is 427 g/mol. The van der Waals surface area contributed by atoms with Gasteiger partial charge >= 0.3 is 6.18 Å². The summed E-state index contributed by atoms with van der Waals surface area (Å²) < 4.78 is 43.1. The summed E-state index contributed by atoms with van der Waals surface area (Å²) in [5, 5.41) is 0. The van der Waals surface area contributed by atoms with Crippen LogP contribution < -0.4 is 0 Å². The second kappa shape index (κ2) is 9.78. The molecule has 1 unspecified atom stereocenters. The van der Waals surface area contributed by atoms with E-state index in [1.54, 1.807) is 12.0 Å². The Hall–Kier alpha value is -2.13. The number of carbonyl (C=O) groups excluding carboxylic acids is 2. The molecule has 30 heavy (non-hydrogen) atoms. The Bertz CT molecular complexity index is 739. The maximum atomic E-state index is 12.9. The zero-order valence-corrected chi connectivity index (χ0v) is 17.2. The number of alkyl halides is 3.